The van der Waals surface area contributed by atoms with E-state index in [-0.39, 0.29) is 22.6 Å². The quantitative estimate of drug-likeness (QED) is 0.871. The molecule has 0 saturated carbocycles. The molecule has 108 valence electrons. The van der Waals surface area contributed by atoms with Gasteiger partial charge in [0, 0.05) is 12.3 Å². The molecule has 2 aromatic rings. The van der Waals surface area contributed by atoms with Crippen molar-refractivity contribution >= 4 is 11.7 Å². The van der Waals surface area contributed by atoms with Gasteiger partial charge < -0.3 is 19.8 Å². The van der Waals surface area contributed by atoms with Crippen LogP contribution in [0.15, 0.2) is 24.4 Å². The Labute approximate surface area is 120 Å². The van der Waals surface area contributed by atoms with Crippen molar-refractivity contribution in [2.75, 3.05) is 20.0 Å². The number of anilines is 1. The van der Waals surface area contributed by atoms with Crippen LogP contribution in [0, 0.1) is 17.1 Å². The van der Waals surface area contributed by atoms with Crippen molar-refractivity contribution < 1.29 is 18.7 Å². The molecule has 21 heavy (non-hydrogen) atoms. The van der Waals surface area contributed by atoms with Gasteiger partial charge in [0.25, 0.3) is 0 Å². The molecule has 1 heterocycles. The van der Waals surface area contributed by atoms with Crippen molar-refractivity contribution in [1.82, 2.24) is 4.57 Å². The van der Waals surface area contributed by atoms with E-state index in [0.29, 0.717) is 5.75 Å². The lowest BCUT2D eigenvalue weighted by molar-refractivity contribution is 0.0593. The molecule has 0 bridgehead atoms. The van der Waals surface area contributed by atoms with Gasteiger partial charge in [0.15, 0.2) is 11.5 Å². The second-order valence-electron chi connectivity index (χ2n) is 4.10. The molecule has 6 nitrogen and oxygen atoms in total. The molecule has 0 saturated heterocycles. The summed E-state index contributed by atoms with van der Waals surface area (Å²) >= 11 is 0. The number of benzene rings is 1. The maximum absolute atomic E-state index is 14.1. The standard InChI is InChI=1S/C14H12FN3O3/c1-20-9-3-4-11(10(15)5-9)18-7-8(6-16)12(17)13(18)14(19)21-2/h3-5,7H,17H2,1-2H3. The fourth-order valence-corrected chi connectivity index (χ4v) is 1.91. The number of nitrogens with zero attached hydrogens (tertiary/aromatic N) is 2. The highest BCUT2D eigenvalue weighted by Gasteiger charge is 2.23. The molecule has 0 aliphatic heterocycles. The highest BCUT2D eigenvalue weighted by Crippen LogP contribution is 2.27. The lowest BCUT2D eigenvalue weighted by Crippen LogP contribution is -2.12. The Bertz CT molecular complexity index is 747. The molecule has 0 aliphatic rings. The third-order valence-electron chi connectivity index (χ3n) is 2.96. The number of nitrogen functional groups attached to an aromatic ring is 1. The van der Waals surface area contributed by atoms with Gasteiger partial charge in [-0.2, -0.15) is 5.26 Å². The molecular weight excluding hydrogens is 277 g/mol. The number of hydrogen-bond acceptors (Lipinski definition) is 5. The van der Waals surface area contributed by atoms with Crippen molar-refractivity contribution in [2.24, 2.45) is 0 Å². The molecule has 0 unspecified atom stereocenters. The maximum Gasteiger partial charge on any atom is 0.357 e. The Balaban J connectivity index is 2.69. The average molecular weight is 289 g/mol. The minimum Gasteiger partial charge on any atom is -0.497 e. The number of ether oxygens (including phenoxy) is 2. The molecule has 0 aliphatic carbocycles. The van der Waals surface area contributed by atoms with Gasteiger partial charge in [-0.05, 0) is 12.1 Å². The van der Waals surface area contributed by atoms with E-state index in [1.165, 1.54) is 43.2 Å². The summed E-state index contributed by atoms with van der Waals surface area (Å²) in [6, 6.07) is 5.96. The van der Waals surface area contributed by atoms with Crippen LogP contribution in [0.4, 0.5) is 10.1 Å². The van der Waals surface area contributed by atoms with Crippen LogP contribution in [0.2, 0.25) is 0 Å². The zero-order valence-electron chi connectivity index (χ0n) is 11.4. The summed E-state index contributed by atoms with van der Waals surface area (Å²) in [5.41, 5.74) is 5.71. The maximum atomic E-state index is 14.1. The summed E-state index contributed by atoms with van der Waals surface area (Å²) in [4.78, 5) is 11.8. The minimum atomic E-state index is -0.760. The van der Waals surface area contributed by atoms with Gasteiger partial charge >= 0.3 is 5.97 Å². The van der Waals surface area contributed by atoms with Crippen LogP contribution in [0.1, 0.15) is 16.1 Å². The Morgan fingerprint density at radius 2 is 2.14 bits per heavy atom. The first-order chi connectivity index (χ1) is 10.0. The summed E-state index contributed by atoms with van der Waals surface area (Å²) < 4.78 is 24.9. The molecule has 2 N–H and O–H groups in total. The predicted molar refractivity (Wildman–Crippen MR) is 72.7 cm³/mol. The van der Waals surface area contributed by atoms with Crippen molar-refractivity contribution in [3.8, 4) is 17.5 Å². The molecule has 0 radical (unpaired) electrons. The summed E-state index contributed by atoms with van der Waals surface area (Å²) in [6.45, 7) is 0. The lowest BCUT2D eigenvalue weighted by atomic mass is 10.2. The van der Waals surface area contributed by atoms with Crippen LogP contribution >= 0.6 is 0 Å². The van der Waals surface area contributed by atoms with Gasteiger partial charge in [0.1, 0.15) is 11.8 Å². The Morgan fingerprint density at radius 1 is 1.43 bits per heavy atom. The average Bonchev–Trinajstić information content (AvgIpc) is 2.82. The van der Waals surface area contributed by atoms with Gasteiger partial charge in [-0.25, -0.2) is 9.18 Å². The smallest absolute Gasteiger partial charge is 0.357 e. The number of halogens is 1. The Kier molecular flexibility index (Phi) is 3.80. The van der Waals surface area contributed by atoms with Gasteiger partial charge in [-0.15, -0.1) is 0 Å². The van der Waals surface area contributed by atoms with E-state index in [0.717, 1.165) is 0 Å². The normalized spacial score (nSPS) is 10.0. The van der Waals surface area contributed by atoms with Crippen LogP contribution in [-0.4, -0.2) is 24.8 Å². The number of methoxy groups -OCH3 is 2. The van der Waals surface area contributed by atoms with Crippen LogP contribution in [0.5, 0.6) is 5.75 Å². The third kappa shape index (κ3) is 2.39. The predicted octanol–water partition coefficient (Wildman–Crippen LogP) is 1.87. The van der Waals surface area contributed by atoms with Crippen molar-refractivity contribution in [3.63, 3.8) is 0 Å². The number of nitrogens with two attached hydrogens (primary N) is 1. The summed E-state index contributed by atoms with van der Waals surface area (Å²) in [5, 5.41) is 9.00. The number of aromatic nitrogens is 1. The summed E-state index contributed by atoms with van der Waals surface area (Å²) in [5.74, 6) is -1.06. The summed E-state index contributed by atoms with van der Waals surface area (Å²) in [6.07, 6.45) is 1.28. The molecule has 0 amide bonds. The second kappa shape index (κ2) is 5.54. The zero-order valence-corrected chi connectivity index (χ0v) is 11.4. The largest absolute Gasteiger partial charge is 0.497 e. The molecule has 1 aromatic heterocycles. The first-order valence-electron chi connectivity index (χ1n) is 5.86. The first-order valence-corrected chi connectivity index (χ1v) is 5.86. The van der Waals surface area contributed by atoms with E-state index in [9.17, 15) is 9.18 Å². The minimum absolute atomic E-state index is 0.0560. The zero-order chi connectivity index (χ0) is 15.6. The van der Waals surface area contributed by atoms with Crippen LogP contribution in [-0.2, 0) is 4.74 Å². The van der Waals surface area contributed by atoms with Gasteiger partial charge in [0.05, 0.1) is 31.2 Å². The number of esters is 1. The summed E-state index contributed by atoms with van der Waals surface area (Å²) in [7, 11) is 2.59. The molecule has 1 aromatic carbocycles. The van der Waals surface area contributed by atoms with Crippen LogP contribution in [0.25, 0.3) is 5.69 Å². The molecule has 2 rings (SSSR count). The van der Waals surface area contributed by atoms with Crippen molar-refractivity contribution in [2.45, 2.75) is 0 Å². The highest BCUT2D eigenvalue weighted by molar-refractivity contribution is 5.95. The van der Waals surface area contributed by atoms with Gasteiger partial charge in [-0.3, -0.25) is 0 Å². The number of hydrogen-bond donors (Lipinski definition) is 1. The molecule has 0 atom stereocenters. The fourth-order valence-electron chi connectivity index (χ4n) is 1.91. The second-order valence-corrected chi connectivity index (χ2v) is 4.10. The topological polar surface area (TPSA) is 90.3 Å². The van der Waals surface area contributed by atoms with E-state index in [1.54, 1.807) is 0 Å². The van der Waals surface area contributed by atoms with E-state index >= 15 is 0 Å². The fraction of sp³-hybridized carbons (Fsp3) is 0.143. The van der Waals surface area contributed by atoms with Crippen LogP contribution < -0.4 is 10.5 Å². The SMILES string of the molecule is COC(=O)c1c(N)c(C#N)cn1-c1ccc(OC)cc1F. The van der Waals surface area contributed by atoms with E-state index in [1.807, 2.05) is 6.07 Å². The van der Waals surface area contributed by atoms with Crippen molar-refractivity contribution in [3.05, 3.63) is 41.5 Å². The van der Waals surface area contributed by atoms with E-state index < -0.39 is 11.8 Å². The molecule has 0 fully saturated rings. The monoisotopic (exact) mass is 289 g/mol. The third-order valence-corrected chi connectivity index (χ3v) is 2.96. The van der Waals surface area contributed by atoms with Crippen molar-refractivity contribution in [1.29, 1.82) is 5.26 Å². The van der Waals surface area contributed by atoms with Gasteiger partial charge in [-0.1, -0.05) is 0 Å². The molecule has 7 heteroatoms. The molecule has 0 spiro atoms. The highest BCUT2D eigenvalue weighted by atomic mass is 19.1. The number of rotatable bonds is 3. The number of nitriles is 1. The Morgan fingerprint density at radius 3 is 2.67 bits per heavy atom. The molecular formula is C14H12FN3O3. The Hall–Kier alpha value is -3.01. The van der Waals surface area contributed by atoms with E-state index in [2.05, 4.69) is 4.74 Å². The number of carbonyl (C=O) groups excluding carboxylic acids is 1. The van der Waals surface area contributed by atoms with Gasteiger partial charge in [0.2, 0.25) is 0 Å². The first kappa shape index (κ1) is 14.4. The lowest BCUT2D eigenvalue weighted by Gasteiger charge is -2.10. The van der Waals surface area contributed by atoms with Crippen LogP contribution in [0.3, 0.4) is 0 Å². The number of carbonyl (C=O) groups is 1. The van der Waals surface area contributed by atoms with E-state index in [4.69, 9.17) is 15.7 Å².